The average molecular weight is 332 g/mol. The zero-order chi connectivity index (χ0) is 16.9. The van der Waals surface area contributed by atoms with E-state index in [9.17, 15) is 13.6 Å². The van der Waals surface area contributed by atoms with Crippen LogP contribution in [0.25, 0.3) is 0 Å². The molecular formula is C17H18F2N4O. The van der Waals surface area contributed by atoms with Crippen molar-refractivity contribution < 1.29 is 13.6 Å². The van der Waals surface area contributed by atoms with Crippen molar-refractivity contribution in [3.63, 3.8) is 0 Å². The van der Waals surface area contributed by atoms with E-state index in [2.05, 4.69) is 20.6 Å². The molecular weight excluding hydrogens is 314 g/mol. The minimum absolute atomic E-state index is 0.184. The molecule has 3 rings (SSSR count). The van der Waals surface area contributed by atoms with Gasteiger partial charge in [0.25, 0.3) is 5.91 Å². The Morgan fingerprint density at radius 2 is 1.83 bits per heavy atom. The third-order valence-electron chi connectivity index (χ3n) is 4.03. The molecule has 1 fully saturated rings. The van der Waals surface area contributed by atoms with Crippen LogP contribution in [-0.2, 0) is 0 Å². The highest BCUT2D eigenvalue weighted by Gasteiger charge is 2.17. The second kappa shape index (κ2) is 7.33. The maximum Gasteiger partial charge on any atom is 0.270 e. The van der Waals surface area contributed by atoms with Gasteiger partial charge < -0.3 is 10.6 Å². The molecule has 1 aliphatic rings. The highest BCUT2D eigenvalue weighted by molar-refractivity contribution is 5.93. The lowest BCUT2D eigenvalue weighted by atomic mass is 9.95. The number of hydrogen-bond acceptors (Lipinski definition) is 4. The molecule has 1 aromatic heterocycles. The number of rotatable bonds is 4. The van der Waals surface area contributed by atoms with Crippen LogP contribution in [0.15, 0.2) is 30.6 Å². The number of benzene rings is 1. The zero-order valence-corrected chi connectivity index (χ0v) is 13.1. The van der Waals surface area contributed by atoms with Crippen molar-refractivity contribution in [2.45, 2.75) is 38.1 Å². The molecule has 0 atom stereocenters. The monoisotopic (exact) mass is 332 g/mol. The summed E-state index contributed by atoms with van der Waals surface area (Å²) in [5.74, 6) is -1.79. The summed E-state index contributed by atoms with van der Waals surface area (Å²) in [4.78, 5) is 20.3. The molecule has 1 aliphatic carbocycles. The van der Waals surface area contributed by atoms with Crippen LogP contribution in [0, 0.1) is 11.6 Å². The highest BCUT2D eigenvalue weighted by atomic mass is 19.2. The molecule has 2 N–H and O–H groups in total. The Morgan fingerprint density at radius 3 is 2.58 bits per heavy atom. The van der Waals surface area contributed by atoms with Crippen molar-refractivity contribution in [3.8, 4) is 0 Å². The largest absolute Gasteiger partial charge is 0.348 e. The fourth-order valence-corrected chi connectivity index (χ4v) is 2.78. The first-order valence-electron chi connectivity index (χ1n) is 7.97. The van der Waals surface area contributed by atoms with Crippen molar-refractivity contribution >= 4 is 17.4 Å². The molecule has 0 aliphatic heterocycles. The quantitative estimate of drug-likeness (QED) is 0.898. The van der Waals surface area contributed by atoms with Gasteiger partial charge in [0.2, 0.25) is 0 Å². The van der Waals surface area contributed by atoms with E-state index < -0.39 is 11.6 Å². The number of anilines is 2. The molecule has 0 unspecified atom stereocenters. The van der Waals surface area contributed by atoms with Gasteiger partial charge in [-0.3, -0.25) is 4.79 Å². The second-order valence-corrected chi connectivity index (χ2v) is 5.85. The van der Waals surface area contributed by atoms with Gasteiger partial charge in [0.05, 0.1) is 0 Å². The van der Waals surface area contributed by atoms with Gasteiger partial charge in [-0.15, -0.1) is 0 Å². The van der Waals surface area contributed by atoms with E-state index >= 15 is 0 Å². The van der Waals surface area contributed by atoms with Crippen LogP contribution >= 0.6 is 0 Å². The first-order chi connectivity index (χ1) is 11.6. The van der Waals surface area contributed by atoms with Crippen LogP contribution in [0.5, 0.6) is 0 Å². The van der Waals surface area contributed by atoms with Crippen LogP contribution in [0.2, 0.25) is 0 Å². The van der Waals surface area contributed by atoms with Crippen LogP contribution in [-0.4, -0.2) is 21.9 Å². The van der Waals surface area contributed by atoms with E-state index in [0.717, 1.165) is 37.8 Å². The number of nitrogens with zero attached hydrogens (tertiary/aromatic N) is 2. The summed E-state index contributed by atoms with van der Waals surface area (Å²) in [6, 6.07) is 5.11. The molecule has 1 aromatic carbocycles. The van der Waals surface area contributed by atoms with Crippen molar-refractivity contribution in [1.82, 2.24) is 15.3 Å². The fraction of sp³-hybridized carbons (Fsp3) is 0.353. The maximum atomic E-state index is 13.2. The molecule has 0 saturated heterocycles. The van der Waals surface area contributed by atoms with E-state index in [4.69, 9.17) is 0 Å². The normalized spacial score (nSPS) is 15.1. The first kappa shape index (κ1) is 16.3. The lowest BCUT2D eigenvalue weighted by Gasteiger charge is -2.22. The van der Waals surface area contributed by atoms with E-state index in [1.807, 2.05) is 0 Å². The Labute approximate surface area is 138 Å². The lowest BCUT2D eigenvalue weighted by Crippen LogP contribution is -2.36. The number of nitrogens with one attached hydrogen (secondary N) is 2. The summed E-state index contributed by atoms with van der Waals surface area (Å²) in [7, 11) is 0. The van der Waals surface area contributed by atoms with Gasteiger partial charge in [-0.1, -0.05) is 19.3 Å². The molecule has 7 heteroatoms. The standard InChI is InChI=1S/C17H18F2N4O/c18-13-7-6-12(8-14(13)19)22-16-9-15(20-10-21-16)17(24)23-11-4-2-1-3-5-11/h6-11H,1-5H2,(H,23,24)(H,20,21,22). The third-order valence-corrected chi connectivity index (χ3v) is 4.03. The smallest absolute Gasteiger partial charge is 0.270 e. The molecule has 1 amide bonds. The van der Waals surface area contributed by atoms with E-state index in [1.165, 1.54) is 24.9 Å². The summed E-state index contributed by atoms with van der Waals surface area (Å²) in [6.07, 6.45) is 6.68. The molecule has 0 spiro atoms. The number of carbonyl (C=O) groups excluding carboxylic acids is 1. The van der Waals surface area contributed by atoms with Crippen LogP contribution in [0.1, 0.15) is 42.6 Å². The average Bonchev–Trinajstić information content (AvgIpc) is 2.59. The molecule has 126 valence electrons. The van der Waals surface area contributed by atoms with Gasteiger partial charge in [0.15, 0.2) is 11.6 Å². The molecule has 24 heavy (non-hydrogen) atoms. The summed E-state index contributed by atoms with van der Waals surface area (Å²) >= 11 is 0. The molecule has 5 nitrogen and oxygen atoms in total. The van der Waals surface area contributed by atoms with E-state index in [-0.39, 0.29) is 17.6 Å². The van der Waals surface area contributed by atoms with Gasteiger partial charge in [-0.2, -0.15) is 0 Å². The van der Waals surface area contributed by atoms with Crippen LogP contribution in [0.4, 0.5) is 20.3 Å². The lowest BCUT2D eigenvalue weighted by molar-refractivity contribution is 0.0922. The van der Waals surface area contributed by atoms with E-state index in [1.54, 1.807) is 0 Å². The SMILES string of the molecule is O=C(NC1CCCCC1)c1cc(Nc2ccc(F)c(F)c2)ncn1. The number of carbonyl (C=O) groups is 1. The Morgan fingerprint density at radius 1 is 1.04 bits per heavy atom. The topological polar surface area (TPSA) is 66.9 Å². The van der Waals surface area contributed by atoms with Crippen molar-refractivity contribution in [2.75, 3.05) is 5.32 Å². The predicted molar refractivity (Wildman–Crippen MR) is 86.0 cm³/mol. The maximum absolute atomic E-state index is 13.2. The van der Waals surface area contributed by atoms with Gasteiger partial charge in [0, 0.05) is 23.9 Å². The van der Waals surface area contributed by atoms with Crippen molar-refractivity contribution in [1.29, 1.82) is 0 Å². The van der Waals surface area contributed by atoms with Gasteiger partial charge in [-0.25, -0.2) is 18.7 Å². The van der Waals surface area contributed by atoms with Gasteiger partial charge in [0.1, 0.15) is 17.8 Å². The number of hydrogen-bond donors (Lipinski definition) is 2. The molecule has 1 heterocycles. The van der Waals surface area contributed by atoms with Gasteiger partial charge in [-0.05, 0) is 25.0 Å². The first-order valence-corrected chi connectivity index (χ1v) is 7.97. The van der Waals surface area contributed by atoms with Crippen molar-refractivity contribution in [2.24, 2.45) is 0 Å². The Kier molecular flexibility index (Phi) is 4.98. The summed E-state index contributed by atoms with van der Waals surface area (Å²) < 4.78 is 26.2. The number of halogens is 2. The second-order valence-electron chi connectivity index (χ2n) is 5.85. The van der Waals surface area contributed by atoms with Crippen molar-refractivity contribution in [3.05, 3.63) is 47.9 Å². The van der Waals surface area contributed by atoms with E-state index in [0.29, 0.717) is 11.5 Å². The Balaban J connectivity index is 1.68. The summed E-state index contributed by atoms with van der Waals surface area (Å²) in [5, 5.41) is 5.81. The van der Waals surface area contributed by atoms with Crippen LogP contribution in [0.3, 0.4) is 0 Å². The highest BCUT2D eigenvalue weighted by Crippen LogP contribution is 2.19. The fourth-order valence-electron chi connectivity index (χ4n) is 2.78. The van der Waals surface area contributed by atoms with Crippen LogP contribution < -0.4 is 10.6 Å². The Bertz CT molecular complexity index is 732. The predicted octanol–water partition coefficient (Wildman–Crippen LogP) is 3.56. The van der Waals surface area contributed by atoms with Gasteiger partial charge >= 0.3 is 0 Å². The summed E-state index contributed by atoms with van der Waals surface area (Å²) in [6.45, 7) is 0. The number of amides is 1. The number of aromatic nitrogens is 2. The minimum atomic E-state index is -0.954. The summed E-state index contributed by atoms with van der Waals surface area (Å²) in [5.41, 5.74) is 0.576. The Hall–Kier alpha value is -2.57. The molecule has 2 aromatic rings. The minimum Gasteiger partial charge on any atom is -0.348 e. The third kappa shape index (κ3) is 4.04. The molecule has 0 radical (unpaired) electrons. The molecule has 1 saturated carbocycles. The molecule has 0 bridgehead atoms. The zero-order valence-electron chi connectivity index (χ0n) is 13.1.